The zero-order valence-electron chi connectivity index (χ0n) is 37.3. The van der Waals surface area contributed by atoms with Gasteiger partial charge in [0.25, 0.3) is 0 Å². The van der Waals surface area contributed by atoms with Gasteiger partial charge < -0.3 is 23.8 Å². The highest BCUT2D eigenvalue weighted by Crippen LogP contribution is 2.14. The van der Waals surface area contributed by atoms with Gasteiger partial charge in [-0.15, -0.1) is 0 Å². The molecule has 0 heterocycles. The Morgan fingerprint density at radius 3 is 1.46 bits per heavy atom. The number of rotatable bonds is 40. The maximum Gasteiger partial charge on any atom is 0.362 e. The molecular weight excluding hydrogens is 715 g/mol. The van der Waals surface area contributed by atoms with Crippen LogP contribution in [0.1, 0.15) is 181 Å². The second kappa shape index (κ2) is 39.8. The first-order valence-corrected chi connectivity index (χ1v) is 22.9. The topological polar surface area (TPSA) is 99.1 Å². The first-order valence-electron chi connectivity index (χ1n) is 22.9. The Kier molecular flexibility index (Phi) is 37.8. The molecule has 0 fully saturated rings. The molecule has 0 aromatic rings. The lowest BCUT2D eigenvalue weighted by Crippen LogP contribution is -2.50. The third-order valence-electron chi connectivity index (χ3n) is 9.99. The Balaban J connectivity index is 4.32. The van der Waals surface area contributed by atoms with E-state index in [4.69, 9.17) is 14.2 Å². The lowest BCUT2D eigenvalue weighted by atomic mass is 10.1. The van der Waals surface area contributed by atoms with Crippen molar-refractivity contribution >= 4 is 17.9 Å². The van der Waals surface area contributed by atoms with Crippen LogP contribution in [0.2, 0.25) is 0 Å². The van der Waals surface area contributed by atoms with Crippen LogP contribution < -0.4 is 0 Å². The van der Waals surface area contributed by atoms with Gasteiger partial charge in [0.05, 0.1) is 34.4 Å². The van der Waals surface area contributed by atoms with Crippen LogP contribution in [0, 0.1) is 0 Å². The number of carbonyl (C=O) groups is 3. The zero-order valence-corrected chi connectivity index (χ0v) is 37.3. The largest absolute Gasteiger partial charge is 0.477 e. The predicted octanol–water partition coefficient (Wildman–Crippen LogP) is 12.6. The van der Waals surface area contributed by atoms with Gasteiger partial charge in [-0.1, -0.05) is 164 Å². The van der Waals surface area contributed by atoms with E-state index in [9.17, 15) is 19.5 Å². The highest BCUT2D eigenvalue weighted by molar-refractivity contribution is 5.72. The summed E-state index contributed by atoms with van der Waals surface area (Å²) in [6.45, 7) is 4.56. The Morgan fingerprint density at radius 2 is 0.982 bits per heavy atom. The van der Waals surface area contributed by atoms with Crippen molar-refractivity contribution in [2.75, 3.05) is 41.0 Å². The van der Waals surface area contributed by atoms with E-state index in [1.54, 1.807) is 0 Å². The molecule has 2 atom stereocenters. The summed E-state index contributed by atoms with van der Waals surface area (Å²) in [6, 6.07) is -0.620. The van der Waals surface area contributed by atoms with Gasteiger partial charge in [-0.3, -0.25) is 9.59 Å². The highest BCUT2D eigenvalue weighted by Gasteiger charge is 2.31. The fourth-order valence-corrected chi connectivity index (χ4v) is 6.43. The summed E-state index contributed by atoms with van der Waals surface area (Å²) < 4.78 is 17.3. The minimum absolute atomic E-state index is 0.0511. The Bertz CT molecular complexity index is 1120. The first-order chi connectivity index (χ1) is 27.6. The number of hydrogen-bond donors (Lipinski definition) is 1. The lowest BCUT2D eigenvalue weighted by Gasteiger charge is -2.31. The molecule has 0 radical (unpaired) electrons. The number of esters is 2. The second-order valence-electron chi connectivity index (χ2n) is 16.4. The van der Waals surface area contributed by atoms with Gasteiger partial charge in [0.1, 0.15) is 6.61 Å². The third kappa shape index (κ3) is 38.3. The number of nitrogens with zero attached hydrogens (tertiary/aromatic N) is 1. The molecule has 0 amide bonds. The van der Waals surface area contributed by atoms with Crippen LogP contribution in [0.5, 0.6) is 0 Å². The van der Waals surface area contributed by atoms with Gasteiger partial charge >= 0.3 is 17.9 Å². The molecule has 0 saturated carbocycles. The lowest BCUT2D eigenvalue weighted by molar-refractivity contribution is -0.887. The minimum Gasteiger partial charge on any atom is -0.477 e. The fraction of sp³-hybridized carbons (Fsp3) is 0.735. The summed E-state index contributed by atoms with van der Waals surface area (Å²) in [5.74, 6) is -1.50. The number of aliphatic carboxylic acids is 1. The van der Waals surface area contributed by atoms with Crippen molar-refractivity contribution in [2.24, 2.45) is 0 Å². The van der Waals surface area contributed by atoms with E-state index < -0.39 is 18.1 Å². The highest BCUT2D eigenvalue weighted by atomic mass is 16.6. The molecule has 0 aliphatic heterocycles. The van der Waals surface area contributed by atoms with E-state index >= 15 is 0 Å². The Hall–Kier alpha value is -2.97. The van der Waals surface area contributed by atoms with E-state index in [1.807, 2.05) is 27.2 Å². The molecule has 57 heavy (non-hydrogen) atoms. The van der Waals surface area contributed by atoms with Gasteiger partial charge in [0.15, 0.2) is 12.1 Å². The standard InChI is InChI=1S/C49H85NO7/c1-6-8-10-12-14-16-18-20-21-22-23-24-25-26-28-30-32-34-36-38-40-48(52)57-45(43-55-42-41-46(49(53)54)50(3,4)5)44-56-47(51)39-37-35-33-31-29-27-19-17-15-13-11-9-7-2/h9,11,13,15-21,45-46H,6-8,10,12,14,22-44H2,1-5H3/p+1/b11-9+,15-13+,18-16+,19-17+,21-20+. The zero-order chi connectivity index (χ0) is 42.1. The average molecular weight is 801 g/mol. The van der Waals surface area contributed by atoms with Crippen LogP contribution in [-0.2, 0) is 28.6 Å². The molecule has 2 unspecified atom stereocenters. The van der Waals surface area contributed by atoms with Crippen molar-refractivity contribution in [1.82, 2.24) is 0 Å². The first kappa shape index (κ1) is 54.0. The Labute approximate surface area is 349 Å². The number of ether oxygens (including phenoxy) is 3. The smallest absolute Gasteiger partial charge is 0.362 e. The number of allylic oxidation sites excluding steroid dienone is 10. The van der Waals surface area contributed by atoms with Gasteiger partial charge in [-0.2, -0.15) is 0 Å². The van der Waals surface area contributed by atoms with Crippen LogP contribution in [-0.4, -0.2) is 80.6 Å². The normalized spacial score (nSPS) is 13.5. The number of quaternary nitrogens is 1. The van der Waals surface area contributed by atoms with Gasteiger partial charge in [-0.05, 0) is 57.8 Å². The minimum atomic E-state index is -0.880. The number of hydrogen-bond acceptors (Lipinski definition) is 6. The van der Waals surface area contributed by atoms with E-state index in [0.29, 0.717) is 19.3 Å². The summed E-state index contributed by atoms with van der Waals surface area (Å²) in [7, 11) is 5.52. The van der Waals surface area contributed by atoms with Crippen LogP contribution in [0.25, 0.3) is 0 Å². The number of carboxylic acid groups (broad SMARTS) is 1. The molecule has 0 aliphatic rings. The van der Waals surface area contributed by atoms with Crippen LogP contribution in [0.3, 0.4) is 0 Å². The van der Waals surface area contributed by atoms with Crippen LogP contribution >= 0.6 is 0 Å². The average Bonchev–Trinajstić information content (AvgIpc) is 3.17. The van der Waals surface area contributed by atoms with Crippen molar-refractivity contribution in [3.05, 3.63) is 60.8 Å². The van der Waals surface area contributed by atoms with E-state index in [1.165, 1.54) is 83.5 Å². The fourth-order valence-electron chi connectivity index (χ4n) is 6.43. The summed E-state index contributed by atoms with van der Waals surface area (Å²) in [4.78, 5) is 37.0. The molecule has 0 aromatic heterocycles. The van der Waals surface area contributed by atoms with Crippen molar-refractivity contribution in [3.8, 4) is 0 Å². The molecule has 8 nitrogen and oxygen atoms in total. The molecule has 0 rings (SSSR count). The monoisotopic (exact) mass is 801 g/mol. The van der Waals surface area contributed by atoms with Crippen LogP contribution in [0.15, 0.2) is 60.8 Å². The predicted molar refractivity (Wildman–Crippen MR) is 238 cm³/mol. The maximum absolute atomic E-state index is 12.7. The summed E-state index contributed by atoms with van der Waals surface area (Å²) in [5.41, 5.74) is 0. The summed E-state index contributed by atoms with van der Waals surface area (Å²) in [5, 5.41) is 9.62. The van der Waals surface area contributed by atoms with Crippen molar-refractivity contribution in [2.45, 2.75) is 193 Å². The SMILES string of the molecule is CC/C=C/C=C/C=C/CCCCCCCC(=O)OCC(COCCC(C(=O)O)[N+](C)(C)C)OC(=O)CCCCCCCCCCCC/C=C/C=C/CCCCCC. The molecule has 0 aliphatic carbocycles. The van der Waals surface area contributed by atoms with E-state index in [0.717, 1.165) is 64.2 Å². The van der Waals surface area contributed by atoms with Gasteiger partial charge in [-0.25, -0.2) is 4.79 Å². The number of carboxylic acids is 1. The molecule has 0 spiro atoms. The summed E-state index contributed by atoms with van der Waals surface area (Å²) >= 11 is 0. The summed E-state index contributed by atoms with van der Waals surface area (Å²) in [6.07, 6.45) is 48.3. The molecule has 0 aromatic carbocycles. The molecule has 1 N–H and O–H groups in total. The molecule has 0 saturated heterocycles. The number of carbonyl (C=O) groups excluding carboxylic acids is 2. The van der Waals surface area contributed by atoms with Crippen molar-refractivity contribution in [1.29, 1.82) is 0 Å². The molecule has 8 heteroatoms. The maximum atomic E-state index is 12.7. The van der Waals surface area contributed by atoms with Gasteiger partial charge in [0, 0.05) is 19.3 Å². The van der Waals surface area contributed by atoms with Crippen molar-refractivity contribution < 1.29 is 38.2 Å². The number of unbranched alkanes of at least 4 members (excludes halogenated alkanes) is 19. The second-order valence-corrected chi connectivity index (χ2v) is 16.4. The van der Waals surface area contributed by atoms with E-state index in [-0.39, 0.29) is 36.2 Å². The molecule has 328 valence electrons. The Morgan fingerprint density at radius 1 is 0.544 bits per heavy atom. The number of likely N-dealkylation sites (N-methyl/N-ethyl adjacent to an activating group) is 1. The van der Waals surface area contributed by atoms with Gasteiger partial charge in [0.2, 0.25) is 0 Å². The quantitative estimate of drug-likeness (QED) is 0.0285. The van der Waals surface area contributed by atoms with E-state index in [2.05, 4.69) is 68.5 Å². The van der Waals surface area contributed by atoms with Crippen molar-refractivity contribution in [3.63, 3.8) is 0 Å². The third-order valence-corrected chi connectivity index (χ3v) is 9.99. The molecule has 0 bridgehead atoms. The molecular formula is C49H86NO7+. The van der Waals surface area contributed by atoms with Crippen LogP contribution in [0.4, 0.5) is 0 Å².